The molecule has 1 N–H and O–H groups in total. The van der Waals surface area contributed by atoms with Gasteiger partial charge in [0.15, 0.2) is 5.60 Å². The van der Waals surface area contributed by atoms with Crippen molar-refractivity contribution in [3.8, 4) is 0 Å². The molecule has 6 nitrogen and oxygen atoms in total. The quantitative estimate of drug-likeness (QED) is 0.833. The molecule has 0 saturated heterocycles. The summed E-state index contributed by atoms with van der Waals surface area (Å²) in [5.74, 6) is -0.705. The molecule has 0 unspecified atom stereocenters. The minimum absolute atomic E-state index is 0.0947. The summed E-state index contributed by atoms with van der Waals surface area (Å²) in [6, 6.07) is 1.70. The Morgan fingerprint density at radius 1 is 1.55 bits per heavy atom. The molecule has 0 radical (unpaired) electrons. The first-order valence-electron chi connectivity index (χ1n) is 7.28. The van der Waals surface area contributed by atoms with Gasteiger partial charge >= 0.3 is 5.97 Å². The lowest BCUT2D eigenvalue weighted by molar-refractivity contribution is -0.172. The van der Waals surface area contributed by atoms with Crippen LogP contribution in [0, 0.1) is 0 Å². The Hall–Kier alpha value is -2.21. The monoisotopic (exact) mass is 302 g/mol. The highest BCUT2D eigenvalue weighted by Gasteiger charge is 2.45. The number of aliphatic hydroxyl groups is 1. The van der Waals surface area contributed by atoms with Gasteiger partial charge in [0.2, 0.25) is 0 Å². The first-order valence-corrected chi connectivity index (χ1v) is 7.28. The topological polar surface area (TPSA) is 80.9 Å². The van der Waals surface area contributed by atoms with E-state index >= 15 is 0 Å². The SMILES string of the molecule is C=C(C)/N=C1\CCn2c1cc1c(c2=O)COC(=O)[C@]1(O)CC. The van der Waals surface area contributed by atoms with Crippen molar-refractivity contribution in [2.75, 3.05) is 0 Å². The van der Waals surface area contributed by atoms with Crippen LogP contribution in [0.2, 0.25) is 0 Å². The number of carbonyl (C=O) groups excluding carboxylic acids is 1. The lowest BCUT2D eigenvalue weighted by Gasteiger charge is -2.31. The third-order valence-corrected chi connectivity index (χ3v) is 4.24. The van der Waals surface area contributed by atoms with Crippen LogP contribution in [0.4, 0.5) is 0 Å². The Morgan fingerprint density at radius 3 is 2.91 bits per heavy atom. The van der Waals surface area contributed by atoms with Gasteiger partial charge in [-0.3, -0.25) is 9.79 Å². The Kier molecular flexibility index (Phi) is 3.29. The van der Waals surface area contributed by atoms with E-state index < -0.39 is 11.6 Å². The molecule has 0 aliphatic carbocycles. The van der Waals surface area contributed by atoms with Gasteiger partial charge in [-0.2, -0.15) is 0 Å². The van der Waals surface area contributed by atoms with Gasteiger partial charge in [-0.25, -0.2) is 4.79 Å². The van der Waals surface area contributed by atoms with Crippen molar-refractivity contribution in [3.63, 3.8) is 0 Å². The van der Waals surface area contributed by atoms with Gasteiger partial charge in [0, 0.05) is 24.2 Å². The standard InChI is InChI=1S/C16H18N2O4/c1-4-16(21)11-7-13-12(17-9(2)3)5-6-18(13)14(19)10(11)8-22-15(16)20/h7,21H,2,4-6,8H2,1,3H3/b17-12+/t16-/m0/s1. The number of ether oxygens (including phenoxy) is 1. The largest absolute Gasteiger partial charge is 0.458 e. The van der Waals surface area contributed by atoms with Crippen LogP contribution < -0.4 is 5.56 Å². The van der Waals surface area contributed by atoms with Gasteiger partial charge in [-0.15, -0.1) is 0 Å². The molecule has 0 fully saturated rings. The summed E-state index contributed by atoms with van der Waals surface area (Å²) in [5, 5.41) is 10.6. The fourth-order valence-corrected chi connectivity index (χ4v) is 3.05. The molecular formula is C16H18N2O4. The number of nitrogens with zero attached hydrogens (tertiary/aromatic N) is 2. The highest BCUT2D eigenvalue weighted by atomic mass is 16.6. The fraction of sp³-hybridized carbons (Fsp3) is 0.438. The summed E-state index contributed by atoms with van der Waals surface area (Å²) < 4.78 is 6.62. The van der Waals surface area contributed by atoms with Crippen LogP contribution in [0.1, 0.15) is 43.5 Å². The molecule has 1 aromatic heterocycles. The van der Waals surface area contributed by atoms with E-state index in [1.165, 1.54) is 0 Å². The minimum atomic E-state index is -1.76. The molecule has 1 atom stereocenters. The van der Waals surface area contributed by atoms with Gasteiger partial charge in [-0.05, 0) is 19.4 Å². The second-order valence-corrected chi connectivity index (χ2v) is 5.71. The molecule has 0 amide bonds. The first kappa shape index (κ1) is 14.7. The number of hydrogen-bond acceptors (Lipinski definition) is 5. The van der Waals surface area contributed by atoms with E-state index in [2.05, 4.69) is 11.6 Å². The highest BCUT2D eigenvalue weighted by molar-refractivity contribution is 6.02. The molecule has 22 heavy (non-hydrogen) atoms. The Balaban J connectivity index is 2.28. The number of cyclic esters (lactones) is 1. The molecule has 0 bridgehead atoms. The van der Waals surface area contributed by atoms with E-state index in [4.69, 9.17) is 4.74 Å². The number of fused-ring (bicyclic) bond motifs is 2. The maximum Gasteiger partial charge on any atom is 0.343 e. The molecule has 6 heteroatoms. The predicted octanol–water partition coefficient (Wildman–Crippen LogP) is 1.23. The molecule has 3 rings (SSSR count). The van der Waals surface area contributed by atoms with E-state index in [0.717, 1.165) is 5.71 Å². The molecule has 2 aliphatic heterocycles. The number of carbonyl (C=O) groups is 1. The molecule has 1 aromatic rings. The van der Waals surface area contributed by atoms with E-state index in [1.807, 2.05) is 0 Å². The Labute approximate surface area is 127 Å². The third kappa shape index (κ3) is 1.94. The highest BCUT2D eigenvalue weighted by Crippen LogP contribution is 2.34. The molecule has 0 saturated carbocycles. The number of hydrogen-bond donors (Lipinski definition) is 1. The van der Waals surface area contributed by atoms with Crippen LogP contribution in [0.5, 0.6) is 0 Å². The normalized spacial score (nSPS) is 24.9. The van der Waals surface area contributed by atoms with E-state index in [1.54, 1.807) is 24.5 Å². The molecule has 0 spiro atoms. The number of rotatable bonds is 2. The Morgan fingerprint density at radius 2 is 2.27 bits per heavy atom. The maximum absolute atomic E-state index is 12.6. The first-order chi connectivity index (χ1) is 10.4. The van der Waals surface area contributed by atoms with Crippen LogP contribution >= 0.6 is 0 Å². The molecule has 3 heterocycles. The van der Waals surface area contributed by atoms with Gasteiger partial charge in [0.1, 0.15) is 6.61 Å². The zero-order valence-corrected chi connectivity index (χ0v) is 12.7. The molecule has 116 valence electrons. The van der Waals surface area contributed by atoms with Crippen molar-refractivity contribution < 1.29 is 14.6 Å². The van der Waals surface area contributed by atoms with E-state index in [0.29, 0.717) is 35.5 Å². The summed E-state index contributed by atoms with van der Waals surface area (Å²) >= 11 is 0. The van der Waals surface area contributed by atoms with Crippen LogP contribution in [0.15, 0.2) is 28.1 Å². The summed E-state index contributed by atoms with van der Waals surface area (Å²) in [4.78, 5) is 29.0. The number of aromatic nitrogens is 1. The summed E-state index contributed by atoms with van der Waals surface area (Å²) in [5.41, 5.74) is 0.762. The van der Waals surface area contributed by atoms with Crippen molar-refractivity contribution in [3.05, 3.63) is 45.5 Å². The summed E-state index contributed by atoms with van der Waals surface area (Å²) in [6.45, 7) is 7.67. The average Bonchev–Trinajstić information content (AvgIpc) is 2.86. The van der Waals surface area contributed by atoms with Crippen LogP contribution in [-0.4, -0.2) is 21.4 Å². The molecular weight excluding hydrogens is 284 g/mol. The van der Waals surface area contributed by atoms with Gasteiger partial charge in [0.05, 0.1) is 17.0 Å². The van der Waals surface area contributed by atoms with Crippen molar-refractivity contribution in [1.82, 2.24) is 4.57 Å². The predicted molar refractivity (Wildman–Crippen MR) is 80.7 cm³/mol. The summed E-state index contributed by atoms with van der Waals surface area (Å²) in [7, 11) is 0. The zero-order chi connectivity index (χ0) is 16.1. The lowest BCUT2D eigenvalue weighted by Crippen LogP contribution is -2.44. The van der Waals surface area contributed by atoms with Crippen molar-refractivity contribution in [2.24, 2.45) is 4.99 Å². The van der Waals surface area contributed by atoms with E-state index in [9.17, 15) is 14.7 Å². The summed E-state index contributed by atoms with van der Waals surface area (Å²) in [6.07, 6.45) is 0.777. The smallest absolute Gasteiger partial charge is 0.343 e. The third-order valence-electron chi connectivity index (χ3n) is 4.24. The van der Waals surface area contributed by atoms with Crippen LogP contribution in [0.3, 0.4) is 0 Å². The fourth-order valence-electron chi connectivity index (χ4n) is 3.05. The average molecular weight is 302 g/mol. The lowest BCUT2D eigenvalue weighted by atomic mass is 9.86. The van der Waals surface area contributed by atoms with Crippen molar-refractivity contribution >= 4 is 11.7 Å². The maximum atomic E-state index is 12.6. The van der Waals surface area contributed by atoms with Gasteiger partial charge in [-0.1, -0.05) is 13.5 Å². The second kappa shape index (κ2) is 4.91. The second-order valence-electron chi connectivity index (χ2n) is 5.71. The van der Waals surface area contributed by atoms with Crippen LogP contribution in [-0.2, 0) is 28.3 Å². The molecule has 0 aromatic carbocycles. The number of allylic oxidation sites excluding steroid dienone is 1. The van der Waals surface area contributed by atoms with Crippen LogP contribution in [0.25, 0.3) is 0 Å². The number of aliphatic imine (C=N–C) groups is 1. The van der Waals surface area contributed by atoms with Crippen molar-refractivity contribution in [1.29, 1.82) is 0 Å². The van der Waals surface area contributed by atoms with Gasteiger partial charge < -0.3 is 14.4 Å². The minimum Gasteiger partial charge on any atom is -0.458 e. The molecule has 2 aliphatic rings. The Bertz CT molecular complexity index is 775. The number of pyridine rings is 1. The zero-order valence-electron chi connectivity index (χ0n) is 12.7. The number of esters is 1. The van der Waals surface area contributed by atoms with Gasteiger partial charge in [0.25, 0.3) is 5.56 Å². The van der Waals surface area contributed by atoms with E-state index in [-0.39, 0.29) is 18.6 Å². The van der Waals surface area contributed by atoms with Crippen molar-refractivity contribution in [2.45, 2.75) is 45.4 Å².